The maximum atomic E-state index is 13.8. The first-order valence-electron chi connectivity index (χ1n) is 7.64. The molecule has 1 saturated heterocycles. The van der Waals surface area contributed by atoms with E-state index in [9.17, 15) is 4.39 Å². The summed E-state index contributed by atoms with van der Waals surface area (Å²) in [4.78, 5) is 2.45. The van der Waals surface area contributed by atoms with Gasteiger partial charge >= 0.3 is 0 Å². The maximum absolute atomic E-state index is 13.8. The third-order valence-electron chi connectivity index (χ3n) is 3.68. The van der Waals surface area contributed by atoms with Crippen LogP contribution < -0.4 is 10.1 Å². The minimum atomic E-state index is -0.262. The standard InChI is InChI=1S/C16H25FN2O/c1-2-18-13-14-7-5-8-15(17)16(14)20-12-6-11-19-9-3-4-10-19/h5,7-8,18H,2-4,6,9-13H2,1H3. The number of halogens is 1. The van der Waals surface area contributed by atoms with Gasteiger partial charge in [0.1, 0.15) is 0 Å². The molecule has 1 N–H and O–H groups in total. The number of rotatable bonds is 8. The molecule has 0 amide bonds. The molecule has 0 atom stereocenters. The van der Waals surface area contributed by atoms with E-state index in [1.165, 1.54) is 32.0 Å². The van der Waals surface area contributed by atoms with Crippen LogP contribution >= 0.6 is 0 Å². The van der Waals surface area contributed by atoms with Crippen LogP contribution in [-0.2, 0) is 6.54 Å². The molecule has 1 aromatic carbocycles. The van der Waals surface area contributed by atoms with E-state index in [0.29, 0.717) is 18.9 Å². The van der Waals surface area contributed by atoms with Gasteiger partial charge in [0.25, 0.3) is 0 Å². The smallest absolute Gasteiger partial charge is 0.165 e. The summed E-state index contributed by atoms with van der Waals surface area (Å²) < 4.78 is 19.5. The van der Waals surface area contributed by atoms with E-state index >= 15 is 0 Å². The molecular weight excluding hydrogens is 255 g/mol. The molecule has 2 rings (SSSR count). The van der Waals surface area contributed by atoms with Crippen molar-refractivity contribution in [2.24, 2.45) is 0 Å². The number of benzene rings is 1. The van der Waals surface area contributed by atoms with Gasteiger partial charge in [-0.1, -0.05) is 19.1 Å². The predicted octanol–water partition coefficient (Wildman–Crippen LogP) is 2.80. The molecular formula is C16H25FN2O. The second-order valence-electron chi connectivity index (χ2n) is 5.26. The highest BCUT2D eigenvalue weighted by atomic mass is 19.1. The highest BCUT2D eigenvalue weighted by Crippen LogP contribution is 2.22. The zero-order chi connectivity index (χ0) is 14.2. The quantitative estimate of drug-likeness (QED) is 0.741. The molecule has 0 aromatic heterocycles. The molecule has 20 heavy (non-hydrogen) atoms. The average molecular weight is 280 g/mol. The molecule has 1 aliphatic heterocycles. The second-order valence-corrected chi connectivity index (χ2v) is 5.26. The highest BCUT2D eigenvalue weighted by molar-refractivity contribution is 5.34. The van der Waals surface area contributed by atoms with E-state index in [4.69, 9.17) is 4.74 Å². The molecule has 0 unspecified atom stereocenters. The number of hydrogen-bond acceptors (Lipinski definition) is 3. The average Bonchev–Trinajstić information content (AvgIpc) is 2.96. The van der Waals surface area contributed by atoms with Gasteiger partial charge in [-0.25, -0.2) is 4.39 Å². The van der Waals surface area contributed by atoms with Crippen molar-refractivity contribution in [3.05, 3.63) is 29.6 Å². The molecule has 0 spiro atoms. The van der Waals surface area contributed by atoms with Gasteiger partial charge in [-0.05, 0) is 45.0 Å². The summed E-state index contributed by atoms with van der Waals surface area (Å²) in [6.07, 6.45) is 3.57. The molecule has 3 nitrogen and oxygen atoms in total. The molecule has 0 bridgehead atoms. The van der Waals surface area contributed by atoms with Crippen molar-refractivity contribution in [2.75, 3.05) is 32.8 Å². The lowest BCUT2D eigenvalue weighted by molar-refractivity contribution is 0.253. The lowest BCUT2D eigenvalue weighted by atomic mass is 10.2. The number of para-hydroxylation sites is 1. The Morgan fingerprint density at radius 3 is 2.85 bits per heavy atom. The Morgan fingerprint density at radius 1 is 1.30 bits per heavy atom. The zero-order valence-corrected chi connectivity index (χ0v) is 12.3. The van der Waals surface area contributed by atoms with Gasteiger partial charge in [0.05, 0.1) is 6.61 Å². The second kappa shape index (κ2) is 8.22. The SMILES string of the molecule is CCNCc1cccc(F)c1OCCCN1CCCC1. The van der Waals surface area contributed by atoms with E-state index in [-0.39, 0.29) is 5.82 Å². The van der Waals surface area contributed by atoms with Gasteiger partial charge in [0.2, 0.25) is 0 Å². The molecule has 0 radical (unpaired) electrons. The Balaban J connectivity index is 1.81. The zero-order valence-electron chi connectivity index (χ0n) is 12.3. The van der Waals surface area contributed by atoms with Crippen molar-refractivity contribution in [1.29, 1.82) is 0 Å². The largest absolute Gasteiger partial charge is 0.490 e. The lowest BCUT2D eigenvalue weighted by Crippen LogP contribution is -2.22. The Bertz CT molecular complexity index is 405. The van der Waals surface area contributed by atoms with Crippen molar-refractivity contribution in [1.82, 2.24) is 10.2 Å². The van der Waals surface area contributed by atoms with Crippen LogP contribution in [0.2, 0.25) is 0 Å². The van der Waals surface area contributed by atoms with Crippen LogP contribution in [0.4, 0.5) is 4.39 Å². The molecule has 1 aliphatic rings. The fourth-order valence-corrected chi connectivity index (χ4v) is 2.58. The van der Waals surface area contributed by atoms with E-state index in [1.54, 1.807) is 6.07 Å². The maximum Gasteiger partial charge on any atom is 0.165 e. The van der Waals surface area contributed by atoms with Crippen LogP contribution in [0.5, 0.6) is 5.75 Å². The van der Waals surface area contributed by atoms with Crippen molar-refractivity contribution in [3.8, 4) is 5.75 Å². The van der Waals surface area contributed by atoms with E-state index in [0.717, 1.165) is 25.1 Å². The van der Waals surface area contributed by atoms with E-state index in [1.807, 2.05) is 13.0 Å². The molecule has 112 valence electrons. The fraction of sp³-hybridized carbons (Fsp3) is 0.625. The highest BCUT2D eigenvalue weighted by Gasteiger charge is 2.12. The van der Waals surface area contributed by atoms with Crippen molar-refractivity contribution >= 4 is 0 Å². The summed E-state index contributed by atoms with van der Waals surface area (Å²) in [5, 5.41) is 3.21. The van der Waals surface area contributed by atoms with Gasteiger partial charge in [-0.2, -0.15) is 0 Å². The Labute approximate surface area is 121 Å². The topological polar surface area (TPSA) is 24.5 Å². The van der Waals surface area contributed by atoms with Crippen LogP contribution in [0, 0.1) is 5.82 Å². The molecule has 1 heterocycles. The number of nitrogens with one attached hydrogen (secondary N) is 1. The number of likely N-dealkylation sites (tertiary alicyclic amines) is 1. The Hall–Kier alpha value is -1.13. The fourth-order valence-electron chi connectivity index (χ4n) is 2.58. The normalized spacial score (nSPS) is 15.7. The van der Waals surface area contributed by atoms with E-state index in [2.05, 4.69) is 10.2 Å². The van der Waals surface area contributed by atoms with Crippen LogP contribution in [-0.4, -0.2) is 37.7 Å². The molecule has 4 heteroatoms. The monoisotopic (exact) mass is 280 g/mol. The van der Waals surface area contributed by atoms with E-state index < -0.39 is 0 Å². The summed E-state index contributed by atoms with van der Waals surface area (Å²) >= 11 is 0. The molecule has 0 aliphatic carbocycles. The number of ether oxygens (including phenoxy) is 1. The summed E-state index contributed by atoms with van der Waals surface area (Å²) in [7, 11) is 0. The van der Waals surface area contributed by atoms with Gasteiger partial charge in [0, 0.05) is 18.7 Å². The third-order valence-corrected chi connectivity index (χ3v) is 3.68. The first-order valence-corrected chi connectivity index (χ1v) is 7.64. The summed E-state index contributed by atoms with van der Waals surface area (Å²) in [6, 6.07) is 5.12. The summed E-state index contributed by atoms with van der Waals surface area (Å²) in [5.74, 6) is 0.149. The van der Waals surface area contributed by atoms with Gasteiger partial charge in [-0.15, -0.1) is 0 Å². The first-order chi connectivity index (χ1) is 9.81. The molecule has 1 aromatic rings. The Morgan fingerprint density at radius 2 is 2.10 bits per heavy atom. The minimum absolute atomic E-state index is 0.262. The summed E-state index contributed by atoms with van der Waals surface area (Å²) in [6.45, 7) is 7.58. The third kappa shape index (κ3) is 4.46. The minimum Gasteiger partial charge on any atom is -0.490 e. The first kappa shape index (κ1) is 15.3. The van der Waals surface area contributed by atoms with Gasteiger partial charge < -0.3 is 15.0 Å². The van der Waals surface area contributed by atoms with Gasteiger partial charge in [-0.3, -0.25) is 0 Å². The van der Waals surface area contributed by atoms with Crippen LogP contribution in [0.1, 0.15) is 31.7 Å². The Kier molecular flexibility index (Phi) is 6.27. The number of hydrogen-bond donors (Lipinski definition) is 1. The molecule has 0 saturated carbocycles. The summed E-state index contributed by atoms with van der Waals surface area (Å²) in [5.41, 5.74) is 0.896. The van der Waals surface area contributed by atoms with Crippen molar-refractivity contribution in [2.45, 2.75) is 32.7 Å². The number of nitrogens with zero attached hydrogens (tertiary/aromatic N) is 1. The van der Waals surface area contributed by atoms with Crippen LogP contribution in [0.15, 0.2) is 18.2 Å². The predicted molar refractivity (Wildman–Crippen MR) is 79.6 cm³/mol. The van der Waals surface area contributed by atoms with Crippen molar-refractivity contribution < 1.29 is 9.13 Å². The van der Waals surface area contributed by atoms with Gasteiger partial charge in [0.15, 0.2) is 11.6 Å². The van der Waals surface area contributed by atoms with Crippen LogP contribution in [0.25, 0.3) is 0 Å². The lowest BCUT2D eigenvalue weighted by Gasteiger charge is -2.16. The molecule has 1 fully saturated rings. The van der Waals surface area contributed by atoms with Crippen LogP contribution in [0.3, 0.4) is 0 Å². The van der Waals surface area contributed by atoms with Crippen molar-refractivity contribution in [3.63, 3.8) is 0 Å².